The van der Waals surface area contributed by atoms with Gasteiger partial charge in [0, 0.05) is 11.8 Å². The molecule has 0 fully saturated rings. The molecule has 0 amide bonds. The van der Waals surface area contributed by atoms with Crippen LogP contribution in [-0.2, 0) is 6.42 Å². The number of benzene rings is 1. The van der Waals surface area contributed by atoms with Gasteiger partial charge in [0.15, 0.2) is 0 Å². The summed E-state index contributed by atoms with van der Waals surface area (Å²) >= 11 is 0. The van der Waals surface area contributed by atoms with E-state index in [1.54, 1.807) is 7.11 Å². The highest BCUT2D eigenvalue weighted by Crippen LogP contribution is 2.29. The molecular formula is C18H23NO. The summed E-state index contributed by atoms with van der Waals surface area (Å²) in [6.45, 7) is 4.29. The van der Waals surface area contributed by atoms with E-state index in [4.69, 9.17) is 4.74 Å². The number of hydrogen-bond donors (Lipinski definition) is 0. The van der Waals surface area contributed by atoms with Crippen LogP contribution in [0.2, 0.25) is 0 Å². The Morgan fingerprint density at radius 1 is 1.10 bits per heavy atom. The standard InChI is InChI=1S/C18H23NO/c1-4-5-6-7-15-9-11-17(19-13-15)16-10-8-14(2)12-18(16)20-3/h8-13H,4-7H2,1-3H3. The van der Waals surface area contributed by atoms with Crippen molar-refractivity contribution >= 4 is 0 Å². The van der Waals surface area contributed by atoms with Crippen molar-refractivity contribution in [2.75, 3.05) is 7.11 Å². The summed E-state index contributed by atoms with van der Waals surface area (Å²) in [5.74, 6) is 0.885. The number of methoxy groups -OCH3 is 1. The first-order chi connectivity index (χ1) is 9.74. The lowest BCUT2D eigenvalue weighted by atomic mass is 10.1. The molecule has 1 heterocycles. The minimum Gasteiger partial charge on any atom is -0.496 e. The van der Waals surface area contributed by atoms with Gasteiger partial charge in [-0.1, -0.05) is 31.9 Å². The monoisotopic (exact) mass is 269 g/mol. The van der Waals surface area contributed by atoms with Crippen LogP contribution in [-0.4, -0.2) is 12.1 Å². The number of aromatic nitrogens is 1. The second-order valence-electron chi connectivity index (χ2n) is 5.21. The summed E-state index contributed by atoms with van der Waals surface area (Å²) in [6.07, 6.45) is 6.89. The first-order valence-electron chi connectivity index (χ1n) is 7.34. The Labute approximate surface area is 121 Å². The maximum atomic E-state index is 5.45. The van der Waals surface area contributed by atoms with Crippen LogP contribution in [0.25, 0.3) is 11.3 Å². The van der Waals surface area contributed by atoms with Gasteiger partial charge in [-0.15, -0.1) is 0 Å². The van der Waals surface area contributed by atoms with Crippen molar-refractivity contribution in [3.05, 3.63) is 47.7 Å². The van der Waals surface area contributed by atoms with Gasteiger partial charge in [-0.3, -0.25) is 4.98 Å². The summed E-state index contributed by atoms with van der Waals surface area (Å²) in [5.41, 5.74) is 4.54. The molecule has 20 heavy (non-hydrogen) atoms. The predicted molar refractivity (Wildman–Crippen MR) is 84.2 cm³/mol. The lowest BCUT2D eigenvalue weighted by Crippen LogP contribution is -1.93. The van der Waals surface area contributed by atoms with Crippen molar-refractivity contribution in [3.8, 4) is 17.0 Å². The molecule has 0 spiro atoms. The minimum atomic E-state index is 0.885. The van der Waals surface area contributed by atoms with E-state index in [2.05, 4.69) is 43.1 Å². The Bertz CT molecular complexity index is 546. The van der Waals surface area contributed by atoms with Crippen molar-refractivity contribution < 1.29 is 4.74 Å². The van der Waals surface area contributed by atoms with Gasteiger partial charge in [-0.05, 0) is 49.1 Å². The molecule has 0 aliphatic heterocycles. The Hall–Kier alpha value is -1.83. The van der Waals surface area contributed by atoms with E-state index in [9.17, 15) is 0 Å². The zero-order chi connectivity index (χ0) is 14.4. The third kappa shape index (κ3) is 3.60. The van der Waals surface area contributed by atoms with Crippen LogP contribution in [0, 0.1) is 6.92 Å². The average Bonchev–Trinajstić information content (AvgIpc) is 2.48. The van der Waals surface area contributed by atoms with Gasteiger partial charge in [0.2, 0.25) is 0 Å². The van der Waals surface area contributed by atoms with Gasteiger partial charge < -0.3 is 4.74 Å². The van der Waals surface area contributed by atoms with Crippen molar-refractivity contribution in [3.63, 3.8) is 0 Å². The molecule has 0 radical (unpaired) electrons. The molecule has 0 bridgehead atoms. The Morgan fingerprint density at radius 3 is 2.60 bits per heavy atom. The second kappa shape index (κ2) is 7.09. The SMILES string of the molecule is CCCCCc1ccc(-c2ccc(C)cc2OC)nc1. The maximum absolute atomic E-state index is 5.45. The lowest BCUT2D eigenvalue weighted by molar-refractivity contribution is 0.416. The number of pyridine rings is 1. The fraction of sp³-hybridized carbons (Fsp3) is 0.389. The number of nitrogens with zero attached hydrogens (tertiary/aromatic N) is 1. The Kier molecular flexibility index (Phi) is 5.16. The molecule has 0 N–H and O–H groups in total. The van der Waals surface area contributed by atoms with E-state index in [0.29, 0.717) is 0 Å². The molecule has 2 aromatic rings. The molecular weight excluding hydrogens is 246 g/mol. The molecule has 0 unspecified atom stereocenters. The summed E-state index contributed by atoms with van der Waals surface area (Å²) < 4.78 is 5.45. The highest BCUT2D eigenvalue weighted by atomic mass is 16.5. The molecule has 0 saturated carbocycles. The highest BCUT2D eigenvalue weighted by molar-refractivity contribution is 5.67. The van der Waals surface area contributed by atoms with Crippen LogP contribution in [0.1, 0.15) is 37.3 Å². The first-order valence-corrected chi connectivity index (χ1v) is 7.34. The van der Waals surface area contributed by atoms with Gasteiger partial charge in [0.1, 0.15) is 5.75 Å². The van der Waals surface area contributed by atoms with E-state index in [1.807, 2.05) is 12.3 Å². The van der Waals surface area contributed by atoms with Crippen LogP contribution < -0.4 is 4.74 Å². The number of hydrogen-bond acceptors (Lipinski definition) is 2. The van der Waals surface area contributed by atoms with Gasteiger partial charge in [-0.2, -0.15) is 0 Å². The van der Waals surface area contributed by atoms with E-state index in [0.717, 1.165) is 23.4 Å². The topological polar surface area (TPSA) is 22.1 Å². The normalized spacial score (nSPS) is 10.6. The number of aryl methyl sites for hydroxylation is 2. The largest absolute Gasteiger partial charge is 0.496 e. The van der Waals surface area contributed by atoms with Crippen LogP contribution in [0.3, 0.4) is 0 Å². The van der Waals surface area contributed by atoms with E-state index in [-0.39, 0.29) is 0 Å². The fourth-order valence-corrected chi connectivity index (χ4v) is 2.32. The quantitative estimate of drug-likeness (QED) is 0.703. The highest BCUT2D eigenvalue weighted by Gasteiger charge is 2.07. The average molecular weight is 269 g/mol. The van der Waals surface area contributed by atoms with Crippen molar-refractivity contribution in [1.82, 2.24) is 4.98 Å². The van der Waals surface area contributed by atoms with E-state index < -0.39 is 0 Å². The second-order valence-corrected chi connectivity index (χ2v) is 5.21. The van der Waals surface area contributed by atoms with Crippen LogP contribution in [0.4, 0.5) is 0 Å². The lowest BCUT2D eigenvalue weighted by Gasteiger charge is -2.09. The number of ether oxygens (including phenoxy) is 1. The fourth-order valence-electron chi connectivity index (χ4n) is 2.32. The molecule has 0 saturated heterocycles. The molecule has 2 nitrogen and oxygen atoms in total. The van der Waals surface area contributed by atoms with Gasteiger partial charge in [-0.25, -0.2) is 0 Å². The number of rotatable bonds is 6. The summed E-state index contributed by atoms with van der Waals surface area (Å²) in [6, 6.07) is 10.5. The third-order valence-corrected chi connectivity index (χ3v) is 3.53. The smallest absolute Gasteiger partial charge is 0.128 e. The number of unbranched alkanes of at least 4 members (excludes halogenated alkanes) is 2. The summed E-state index contributed by atoms with van der Waals surface area (Å²) in [5, 5.41) is 0. The first kappa shape index (κ1) is 14.6. The summed E-state index contributed by atoms with van der Waals surface area (Å²) in [7, 11) is 1.71. The van der Waals surface area contributed by atoms with Crippen LogP contribution >= 0.6 is 0 Å². The molecule has 0 atom stereocenters. The van der Waals surface area contributed by atoms with Gasteiger partial charge in [0.25, 0.3) is 0 Å². The van der Waals surface area contributed by atoms with Crippen LogP contribution in [0.5, 0.6) is 5.75 Å². The molecule has 106 valence electrons. The Morgan fingerprint density at radius 2 is 1.95 bits per heavy atom. The molecule has 2 rings (SSSR count). The van der Waals surface area contributed by atoms with Crippen molar-refractivity contribution in [2.24, 2.45) is 0 Å². The van der Waals surface area contributed by atoms with E-state index >= 15 is 0 Å². The molecule has 1 aromatic heterocycles. The third-order valence-electron chi connectivity index (χ3n) is 3.53. The Balaban J connectivity index is 2.17. The maximum Gasteiger partial charge on any atom is 0.128 e. The van der Waals surface area contributed by atoms with Crippen molar-refractivity contribution in [2.45, 2.75) is 39.5 Å². The van der Waals surface area contributed by atoms with E-state index in [1.165, 1.54) is 30.4 Å². The zero-order valence-corrected chi connectivity index (χ0v) is 12.6. The zero-order valence-electron chi connectivity index (χ0n) is 12.6. The predicted octanol–water partition coefficient (Wildman–Crippen LogP) is 4.80. The van der Waals surface area contributed by atoms with Crippen molar-refractivity contribution in [1.29, 1.82) is 0 Å². The van der Waals surface area contributed by atoms with Gasteiger partial charge >= 0.3 is 0 Å². The molecule has 0 aliphatic rings. The molecule has 1 aromatic carbocycles. The van der Waals surface area contributed by atoms with Gasteiger partial charge in [0.05, 0.1) is 12.8 Å². The minimum absolute atomic E-state index is 0.885. The summed E-state index contributed by atoms with van der Waals surface area (Å²) in [4.78, 5) is 4.59. The molecule has 2 heteroatoms. The molecule has 0 aliphatic carbocycles. The van der Waals surface area contributed by atoms with Crippen LogP contribution in [0.15, 0.2) is 36.5 Å².